The Labute approximate surface area is 277 Å². The summed E-state index contributed by atoms with van der Waals surface area (Å²) in [5, 5.41) is 3.23. The first-order chi connectivity index (χ1) is 22.5. The molecule has 0 spiro atoms. The third kappa shape index (κ3) is 5.56. The molecule has 1 amide bonds. The fourth-order valence-electron chi connectivity index (χ4n) is 7.18. The van der Waals surface area contributed by atoms with Gasteiger partial charge in [-0.2, -0.15) is 25.9 Å². The number of alkyl halides is 3. The Bertz CT molecular complexity index is 1990. The van der Waals surface area contributed by atoms with E-state index in [1.165, 1.54) is 30.7 Å². The standard InChI is InChI=1S/C29H30F4N6O6S3/c1-47(41,42)17-7-5-16(6-8-17)35-25-34-10-9-20(36-25)23-22(37-24(46-23)27-13-28(14-27,15-27)29(31,32)33)18-3-2-4-19(21(18)30)38-48(43,44)39-11-12-45-26(39)40/h2-4,9-10,16-17,38H,5-8,11-15H2,1H3,(H,34,35,36)/t16-,17-,27?,28?. The van der Waals surface area contributed by atoms with Crippen LogP contribution in [-0.4, -0.2) is 79.1 Å². The molecule has 3 aromatic rings. The van der Waals surface area contributed by atoms with E-state index in [4.69, 9.17) is 0 Å². The van der Waals surface area contributed by atoms with Gasteiger partial charge in [-0.15, -0.1) is 11.3 Å². The first kappa shape index (κ1) is 32.9. The summed E-state index contributed by atoms with van der Waals surface area (Å²) in [7, 11) is -7.68. The minimum Gasteiger partial charge on any atom is -0.447 e. The lowest BCUT2D eigenvalue weighted by Gasteiger charge is -2.69. The molecule has 5 fully saturated rings. The lowest BCUT2D eigenvalue weighted by Crippen LogP contribution is -2.70. The number of carbonyl (C=O) groups is 1. The van der Waals surface area contributed by atoms with Gasteiger partial charge in [-0.25, -0.2) is 32.6 Å². The van der Waals surface area contributed by atoms with Crippen LogP contribution in [0.2, 0.25) is 0 Å². The summed E-state index contributed by atoms with van der Waals surface area (Å²) >= 11 is 1.11. The van der Waals surface area contributed by atoms with E-state index in [-0.39, 0.29) is 55.7 Å². The van der Waals surface area contributed by atoms with Gasteiger partial charge >= 0.3 is 22.5 Å². The maximum atomic E-state index is 16.2. The van der Waals surface area contributed by atoms with E-state index in [1.807, 2.05) is 0 Å². The van der Waals surface area contributed by atoms with Gasteiger partial charge in [0.25, 0.3) is 0 Å². The summed E-state index contributed by atoms with van der Waals surface area (Å²) in [6, 6.07) is 5.41. The molecule has 2 aromatic heterocycles. The Hall–Kier alpha value is -3.58. The zero-order valence-electron chi connectivity index (χ0n) is 25.4. The van der Waals surface area contributed by atoms with E-state index in [0.717, 1.165) is 11.3 Å². The maximum absolute atomic E-state index is 16.2. The number of benzene rings is 1. The number of nitrogens with one attached hydrogen (secondary N) is 2. The van der Waals surface area contributed by atoms with Crippen molar-refractivity contribution in [2.75, 3.05) is 29.4 Å². The highest BCUT2D eigenvalue weighted by molar-refractivity contribution is 7.91. The fourth-order valence-corrected chi connectivity index (χ4v) is 10.6. The molecule has 2 bridgehead atoms. The quantitative estimate of drug-likeness (QED) is 0.278. The number of carbonyl (C=O) groups excluding carboxylic acids is 1. The summed E-state index contributed by atoms with van der Waals surface area (Å²) in [6.45, 7) is -0.401. The smallest absolute Gasteiger partial charge is 0.425 e. The number of aromatic nitrogens is 3. The number of hydrogen-bond donors (Lipinski definition) is 2. The Kier molecular flexibility index (Phi) is 7.71. The van der Waals surface area contributed by atoms with Gasteiger partial charge in [0.15, 0.2) is 5.82 Å². The van der Waals surface area contributed by atoms with Crippen molar-refractivity contribution in [3.63, 3.8) is 0 Å². The highest BCUT2D eigenvalue weighted by Crippen LogP contribution is 2.79. The van der Waals surface area contributed by atoms with Crippen LogP contribution in [0.15, 0.2) is 30.5 Å². The zero-order valence-corrected chi connectivity index (χ0v) is 27.8. The Morgan fingerprint density at radius 2 is 1.75 bits per heavy atom. The number of cyclic esters (lactones) is 1. The van der Waals surface area contributed by atoms with Crippen LogP contribution in [0.1, 0.15) is 50.0 Å². The summed E-state index contributed by atoms with van der Waals surface area (Å²) < 4.78 is 114. The van der Waals surface area contributed by atoms with Crippen molar-refractivity contribution in [2.45, 2.75) is 67.8 Å². The molecule has 1 saturated heterocycles. The molecule has 258 valence electrons. The van der Waals surface area contributed by atoms with Crippen molar-refractivity contribution in [3.8, 4) is 21.8 Å². The van der Waals surface area contributed by atoms with Crippen molar-refractivity contribution in [2.24, 2.45) is 5.41 Å². The zero-order chi connectivity index (χ0) is 34.3. The third-order valence-corrected chi connectivity index (χ3v) is 14.1. The van der Waals surface area contributed by atoms with Crippen LogP contribution in [0.5, 0.6) is 0 Å². The topological polar surface area (TPSA) is 161 Å². The van der Waals surface area contributed by atoms with Gasteiger partial charge in [0.2, 0.25) is 5.95 Å². The van der Waals surface area contributed by atoms with Crippen LogP contribution < -0.4 is 10.0 Å². The van der Waals surface area contributed by atoms with Gasteiger partial charge in [0.1, 0.15) is 21.5 Å². The molecular formula is C29H30F4N6O6S3. The lowest BCUT2D eigenvalue weighted by atomic mass is 9.35. The molecule has 1 aliphatic heterocycles. The monoisotopic (exact) mass is 730 g/mol. The van der Waals surface area contributed by atoms with Crippen LogP contribution >= 0.6 is 11.3 Å². The number of halogens is 4. The fraction of sp³-hybridized carbons (Fsp3) is 0.517. The minimum atomic E-state index is -4.52. The number of rotatable bonds is 9. The number of amides is 1. The van der Waals surface area contributed by atoms with Crippen LogP contribution in [-0.2, 0) is 30.2 Å². The molecule has 12 nitrogen and oxygen atoms in total. The highest BCUT2D eigenvalue weighted by atomic mass is 32.2. The number of anilines is 2. The summed E-state index contributed by atoms with van der Waals surface area (Å²) in [6.07, 6.45) is -0.997. The van der Waals surface area contributed by atoms with E-state index in [9.17, 15) is 34.8 Å². The second kappa shape index (κ2) is 11.2. The van der Waals surface area contributed by atoms with Crippen molar-refractivity contribution in [3.05, 3.63) is 41.3 Å². The average Bonchev–Trinajstić information content (AvgIpc) is 3.59. The highest BCUT2D eigenvalue weighted by Gasteiger charge is 2.79. The SMILES string of the molecule is CS(=O)(=O)[C@H]1CC[C@H](Nc2nccc(-c3sc(C45CC(C(F)(F)F)(C4)C5)nc3-c3cccc(NS(=O)(=O)N4CCOC4=O)c3F)n2)CC1. The molecule has 0 atom stereocenters. The van der Waals surface area contributed by atoms with Gasteiger partial charge in [-0.1, -0.05) is 6.07 Å². The summed E-state index contributed by atoms with van der Waals surface area (Å²) in [5.41, 5.74) is -2.77. The van der Waals surface area contributed by atoms with E-state index < -0.39 is 59.9 Å². The summed E-state index contributed by atoms with van der Waals surface area (Å²) in [4.78, 5) is 25.8. The Morgan fingerprint density at radius 3 is 2.38 bits per heavy atom. The van der Waals surface area contributed by atoms with Crippen molar-refractivity contribution >= 4 is 49.1 Å². The Morgan fingerprint density at radius 1 is 1.04 bits per heavy atom. The number of ether oxygens (including phenoxy) is 1. The molecule has 3 heterocycles. The first-order valence-electron chi connectivity index (χ1n) is 15.1. The normalized spacial score (nSPS) is 27.2. The van der Waals surface area contributed by atoms with Crippen molar-refractivity contribution in [1.29, 1.82) is 0 Å². The van der Waals surface area contributed by atoms with Gasteiger partial charge < -0.3 is 10.1 Å². The van der Waals surface area contributed by atoms with E-state index in [2.05, 4.69) is 29.7 Å². The van der Waals surface area contributed by atoms with Gasteiger partial charge in [0.05, 0.1) is 39.2 Å². The first-order valence-corrected chi connectivity index (χ1v) is 19.3. The average molecular weight is 731 g/mol. The molecule has 0 radical (unpaired) electrons. The maximum Gasteiger partial charge on any atom is 0.425 e. The van der Waals surface area contributed by atoms with Gasteiger partial charge in [0, 0.05) is 29.5 Å². The number of nitrogens with zero attached hydrogens (tertiary/aromatic N) is 4. The molecule has 4 aliphatic carbocycles. The van der Waals surface area contributed by atoms with E-state index >= 15 is 4.39 Å². The molecule has 4 saturated carbocycles. The number of sulfone groups is 1. The summed E-state index contributed by atoms with van der Waals surface area (Å²) in [5.74, 6) is -0.775. The molecular weight excluding hydrogens is 701 g/mol. The van der Waals surface area contributed by atoms with Crippen LogP contribution in [0.4, 0.5) is 34.0 Å². The Balaban J connectivity index is 1.22. The molecule has 48 heavy (non-hydrogen) atoms. The van der Waals surface area contributed by atoms with Crippen LogP contribution in [0, 0.1) is 11.2 Å². The second-order valence-corrected chi connectivity index (χ2v) is 17.9. The van der Waals surface area contributed by atoms with Crippen molar-refractivity contribution in [1.82, 2.24) is 19.3 Å². The van der Waals surface area contributed by atoms with Crippen molar-refractivity contribution < 1.29 is 43.9 Å². The van der Waals surface area contributed by atoms with E-state index in [0.29, 0.717) is 45.6 Å². The van der Waals surface area contributed by atoms with E-state index in [1.54, 1.807) is 6.07 Å². The number of hydrogen-bond acceptors (Lipinski definition) is 11. The van der Waals surface area contributed by atoms with Gasteiger partial charge in [-0.3, -0.25) is 4.72 Å². The molecule has 8 rings (SSSR count). The molecule has 5 aliphatic rings. The lowest BCUT2D eigenvalue weighted by molar-refractivity contribution is -0.337. The molecule has 0 unspecified atom stereocenters. The predicted molar refractivity (Wildman–Crippen MR) is 168 cm³/mol. The molecule has 19 heteroatoms. The van der Waals surface area contributed by atoms with Crippen LogP contribution in [0.3, 0.4) is 0 Å². The molecule has 1 aromatic carbocycles. The minimum absolute atomic E-state index is 0.0678. The molecule has 2 N–H and O–H groups in total. The third-order valence-electron chi connectivity index (χ3n) is 9.72. The second-order valence-electron chi connectivity index (χ2n) is 13.0. The largest absolute Gasteiger partial charge is 0.447 e. The predicted octanol–water partition coefficient (Wildman–Crippen LogP) is 5.27. The van der Waals surface area contributed by atoms with Gasteiger partial charge in [-0.05, 0) is 63.1 Å². The van der Waals surface area contributed by atoms with Crippen LogP contribution in [0.25, 0.3) is 21.8 Å². The number of thiazole rings is 1.